The summed E-state index contributed by atoms with van der Waals surface area (Å²) in [5, 5.41) is 9.75. The first-order valence-electron chi connectivity index (χ1n) is 6.88. The molecule has 2 rings (SSSR count). The maximum absolute atomic E-state index is 12.4. The van der Waals surface area contributed by atoms with Crippen LogP contribution in [0, 0.1) is 0 Å². The van der Waals surface area contributed by atoms with Gasteiger partial charge in [0.15, 0.2) is 0 Å². The molecular formula is C15H18N2O3S. The summed E-state index contributed by atoms with van der Waals surface area (Å²) in [5.41, 5.74) is 0.998. The molecule has 21 heavy (non-hydrogen) atoms. The Kier molecular flexibility index (Phi) is 5.38. The highest BCUT2D eigenvalue weighted by Crippen LogP contribution is 2.24. The van der Waals surface area contributed by atoms with Crippen LogP contribution in [0.2, 0.25) is 0 Å². The predicted octanol–water partition coefficient (Wildman–Crippen LogP) is 1.87. The molecule has 0 fully saturated rings. The van der Waals surface area contributed by atoms with Gasteiger partial charge in [-0.2, -0.15) is 0 Å². The van der Waals surface area contributed by atoms with Gasteiger partial charge in [0.25, 0.3) is 0 Å². The molecule has 1 aliphatic rings. The number of carboxylic acids is 1. The van der Waals surface area contributed by atoms with Gasteiger partial charge in [0.1, 0.15) is 12.6 Å². The maximum atomic E-state index is 12.4. The molecule has 1 unspecified atom stereocenters. The van der Waals surface area contributed by atoms with Gasteiger partial charge in [0.05, 0.1) is 5.04 Å². The number of hydrogen-bond acceptors (Lipinski definition) is 4. The van der Waals surface area contributed by atoms with Crippen LogP contribution in [-0.2, 0) is 9.59 Å². The molecular weight excluding hydrogens is 288 g/mol. The number of nitrogens with zero attached hydrogens (tertiary/aromatic N) is 2. The van der Waals surface area contributed by atoms with Crippen LogP contribution in [0.3, 0.4) is 0 Å². The molecule has 1 aromatic carbocycles. The zero-order valence-corrected chi connectivity index (χ0v) is 12.7. The number of carbonyl (C=O) groups is 2. The van der Waals surface area contributed by atoms with Crippen molar-refractivity contribution in [3.63, 3.8) is 0 Å². The molecule has 1 atom stereocenters. The zero-order valence-electron chi connectivity index (χ0n) is 11.9. The lowest BCUT2D eigenvalue weighted by atomic mass is 10.2. The fourth-order valence-electron chi connectivity index (χ4n) is 2.15. The predicted molar refractivity (Wildman–Crippen MR) is 83.7 cm³/mol. The van der Waals surface area contributed by atoms with Crippen molar-refractivity contribution in [1.82, 2.24) is 4.90 Å². The average molecular weight is 306 g/mol. The van der Waals surface area contributed by atoms with Crippen molar-refractivity contribution in [2.75, 3.05) is 18.8 Å². The van der Waals surface area contributed by atoms with Gasteiger partial charge in [0, 0.05) is 17.9 Å². The smallest absolute Gasteiger partial charge is 0.323 e. The molecule has 112 valence electrons. The third-order valence-corrected chi connectivity index (χ3v) is 4.19. The summed E-state index contributed by atoms with van der Waals surface area (Å²) in [6.45, 7) is 2.11. The molecule has 6 heteroatoms. The van der Waals surface area contributed by atoms with Gasteiger partial charge in [-0.1, -0.05) is 37.3 Å². The number of hydrogen-bond donors (Lipinski definition) is 1. The monoisotopic (exact) mass is 306 g/mol. The summed E-state index contributed by atoms with van der Waals surface area (Å²) >= 11 is 1.54. The summed E-state index contributed by atoms with van der Waals surface area (Å²) in [7, 11) is 0. The second kappa shape index (κ2) is 7.26. The summed E-state index contributed by atoms with van der Waals surface area (Å²) in [6.07, 6.45) is 0.730. The first-order valence-corrected chi connectivity index (χ1v) is 7.87. The number of carboxylic acid groups (broad SMARTS) is 1. The van der Waals surface area contributed by atoms with Crippen LogP contribution in [0.5, 0.6) is 0 Å². The van der Waals surface area contributed by atoms with E-state index in [1.165, 1.54) is 4.90 Å². The number of benzene rings is 1. The van der Waals surface area contributed by atoms with E-state index in [0.29, 0.717) is 12.3 Å². The van der Waals surface area contributed by atoms with E-state index in [-0.39, 0.29) is 12.5 Å². The second-order valence-electron chi connectivity index (χ2n) is 4.78. The molecule has 1 aliphatic heterocycles. The molecule has 1 heterocycles. The summed E-state index contributed by atoms with van der Waals surface area (Å²) < 4.78 is 0. The molecule has 0 spiro atoms. The third-order valence-electron chi connectivity index (χ3n) is 3.09. The van der Waals surface area contributed by atoms with E-state index in [1.807, 2.05) is 37.3 Å². The number of carbonyl (C=O) groups excluding carboxylic acids is 1. The summed E-state index contributed by atoms with van der Waals surface area (Å²) in [4.78, 5) is 29.1. The van der Waals surface area contributed by atoms with E-state index in [9.17, 15) is 9.59 Å². The molecule has 0 radical (unpaired) electrons. The van der Waals surface area contributed by atoms with Crippen molar-refractivity contribution in [2.45, 2.75) is 19.4 Å². The SMILES string of the molecule is CCCN(CC(=O)O)C(=O)C1CSC(c2ccccc2)=N1. The van der Waals surface area contributed by atoms with Crippen LogP contribution in [0.4, 0.5) is 0 Å². The highest BCUT2D eigenvalue weighted by Gasteiger charge is 2.30. The van der Waals surface area contributed by atoms with E-state index in [2.05, 4.69) is 4.99 Å². The normalized spacial score (nSPS) is 17.4. The number of amides is 1. The van der Waals surface area contributed by atoms with Crippen LogP contribution in [0.25, 0.3) is 0 Å². The van der Waals surface area contributed by atoms with Crippen molar-refractivity contribution >= 4 is 28.7 Å². The van der Waals surface area contributed by atoms with Crippen molar-refractivity contribution in [2.24, 2.45) is 4.99 Å². The van der Waals surface area contributed by atoms with Gasteiger partial charge in [-0.3, -0.25) is 14.6 Å². The van der Waals surface area contributed by atoms with Crippen molar-refractivity contribution in [1.29, 1.82) is 0 Å². The van der Waals surface area contributed by atoms with Crippen molar-refractivity contribution < 1.29 is 14.7 Å². The lowest BCUT2D eigenvalue weighted by Crippen LogP contribution is -2.42. The Balaban J connectivity index is 2.09. The highest BCUT2D eigenvalue weighted by molar-refractivity contribution is 8.14. The minimum atomic E-state index is -0.991. The van der Waals surface area contributed by atoms with Crippen LogP contribution in [0.1, 0.15) is 18.9 Å². The fraction of sp³-hybridized carbons (Fsp3) is 0.400. The molecule has 0 saturated carbocycles. The average Bonchev–Trinajstić information content (AvgIpc) is 2.96. The molecule has 1 N–H and O–H groups in total. The van der Waals surface area contributed by atoms with Crippen LogP contribution in [0.15, 0.2) is 35.3 Å². The quantitative estimate of drug-likeness (QED) is 0.871. The van der Waals surface area contributed by atoms with E-state index in [4.69, 9.17) is 5.11 Å². The Labute approximate surface area is 128 Å². The third kappa shape index (κ3) is 4.07. The minimum Gasteiger partial charge on any atom is -0.480 e. The molecule has 0 aliphatic carbocycles. The zero-order chi connectivity index (χ0) is 15.2. The van der Waals surface area contributed by atoms with Gasteiger partial charge in [-0.25, -0.2) is 0 Å². The van der Waals surface area contributed by atoms with Crippen LogP contribution in [-0.4, -0.2) is 51.8 Å². The molecule has 0 aromatic heterocycles. The first kappa shape index (κ1) is 15.6. The standard InChI is InChI=1S/C15H18N2O3S/c1-2-8-17(9-13(18)19)15(20)12-10-21-14(16-12)11-6-4-3-5-7-11/h3-7,12H,2,8-10H2,1H3,(H,18,19). The number of thioether (sulfide) groups is 1. The van der Waals surface area contributed by atoms with Gasteiger partial charge in [0.2, 0.25) is 5.91 Å². The van der Waals surface area contributed by atoms with Gasteiger partial charge in [-0.05, 0) is 6.42 Å². The Morgan fingerprint density at radius 3 is 2.71 bits per heavy atom. The van der Waals surface area contributed by atoms with Crippen molar-refractivity contribution in [3.05, 3.63) is 35.9 Å². The van der Waals surface area contributed by atoms with Gasteiger partial charge in [-0.15, -0.1) is 11.8 Å². The largest absolute Gasteiger partial charge is 0.480 e. The first-order chi connectivity index (χ1) is 10.1. The maximum Gasteiger partial charge on any atom is 0.323 e. The summed E-state index contributed by atoms with van der Waals surface area (Å²) in [6, 6.07) is 9.24. The number of rotatable bonds is 6. The van der Waals surface area contributed by atoms with E-state index < -0.39 is 12.0 Å². The van der Waals surface area contributed by atoms with Gasteiger partial charge >= 0.3 is 5.97 Å². The van der Waals surface area contributed by atoms with E-state index in [0.717, 1.165) is 17.0 Å². The lowest BCUT2D eigenvalue weighted by molar-refractivity contribution is -0.144. The Morgan fingerprint density at radius 1 is 1.38 bits per heavy atom. The molecule has 0 bridgehead atoms. The van der Waals surface area contributed by atoms with Gasteiger partial charge < -0.3 is 10.0 Å². The second-order valence-corrected chi connectivity index (χ2v) is 5.79. The Hall–Kier alpha value is -1.82. The minimum absolute atomic E-state index is 0.197. The van der Waals surface area contributed by atoms with Crippen molar-refractivity contribution in [3.8, 4) is 0 Å². The molecule has 1 aromatic rings. The van der Waals surface area contributed by atoms with E-state index in [1.54, 1.807) is 11.8 Å². The van der Waals surface area contributed by atoms with Crippen LogP contribution >= 0.6 is 11.8 Å². The number of aliphatic carboxylic acids is 1. The molecule has 5 nitrogen and oxygen atoms in total. The fourth-order valence-corrected chi connectivity index (χ4v) is 3.19. The molecule has 0 saturated heterocycles. The lowest BCUT2D eigenvalue weighted by Gasteiger charge is -2.21. The Morgan fingerprint density at radius 2 is 2.10 bits per heavy atom. The Bertz CT molecular complexity index is 545. The highest BCUT2D eigenvalue weighted by atomic mass is 32.2. The van der Waals surface area contributed by atoms with E-state index >= 15 is 0 Å². The summed E-state index contributed by atoms with van der Waals surface area (Å²) in [5.74, 6) is -0.615. The molecule has 1 amide bonds. The number of aliphatic imine (C=N–C) groups is 1. The topological polar surface area (TPSA) is 70.0 Å². The van der Waals surface area contributed by atoms with Crippen LogP contribution < -0.4 is 0 Å².